The second kappa shape index (κ2) is 2.51. The summed E-state index contributed by atoms with van der Waals surface area (Å²) < 4.78 is 0. The fourth-order valence-corrected chi connectivity index (χ4v) is 1.78. The number of rotatable bonds is 2. The average Bonchev–Trinajstić information content (AvgIpc) is 1.57. The Labute approximate surface area is 63.4 Å². The van der Waals surface area contributed by atoms with Crippen molar-refractivity contribution in [2.75, 3.05) is 6.67 Å². The summed E-state index contributed by atoms with van der Waals surface area (Å²) in [5.41, 5.74) is 0.222. The molecule has 0 aromatic carbocycles. The molecule has 1 saturated heterocycles. The first kappa shape index (κ1) is 8.02. The SMILES string of the molecule is CC(C)C1(C(C)C)NCN1. The molecule has 0 bridgehead atoms. The number of hydrogen-bond acceptors (Lipinski definition) is 2. The summed E-state index contributed by atoms with van der Waals surface area (Å²) in [4.78, 5) is 0. The second-order valence-corrected chi connectivity index (χ2v) is 3.71. The lowest BCUT2D eigenvalue weighted by Gasteiger charge is -2.51. The minimum Gasteiger partial charge on any atom is -0.286 e. The van der Waals surface area contributed by atoms with Crippen molar-refractivity contribution < 1.29 is 0 Å². The maximum atomic E-state index is 3.45. The van der Waals surface area contributed by atoms with Crippen molar-refractivity contribution in [3.8, 4) is 0 Å². The van der Waals surface area contributed by atoms with Gasteiger partial charge in [0.2, 0.25) is 0 Å². The lowest BCUT2D eigenvalue weighted by Crippen LogP contribution is -2.75. The van der Waals surface area contributed by atoms with E-state index in [9.17, 15) is 0 Å². The molecule has 0 amide bonds. The third-order valence-corrected chi connectivity index (χ3v) is 2.58. The lowest BCUT2D eigenvalue weighted by molar-refractivity contribution is 0.0394. The van der Waals surface area contributed by atoms with E-state index in [1.807, 2.05) is 0 Å². The Hall–Kier alpha value is -0.0800. The molecule has 1 rings (SSSR count). The lowest BCUT2D eigenvalue weighted by atomic mass is 9.83. The van der Waals surface area contributed by atoms with Crippen molar-refractivity contribution in [3.05, 3.63) is 0 Å². The zero-order chi connectivity index (χ0) is 7.78. The second-order valence-electron chi connectivity index (χ2n) is 3.71. The van der Waals surface area contributed by atoms with Gasteiger partial charge in [-0.1, -0.05) is 27.7 Å². The van der Waals surface area contributed by atoms with Gasteiger partial charge < -0.3 is 0 Å². The van der Waals surface area contributed by atoms with Crippen LogP contribution in [-0.4, -0.2) is 12.3 Å². The van der Waals surface area contributed by atoms with Crippen LogP contribution in [0.15, 0.2) is 0 Å². The van der Waals surface area contributed by atoms with Crippen molar-refractivity contribution in [3.63, 3.8) is 0 Å². The van der Waals surface area contributed by atoms with Gasteiger partial charge in [-0.15, -0.1) is 0 Å². The van der Waals surface area contributed by atoms with Crippen LogP contribution in [0.5, 0.6) is 0 Å². The van der Waals surface area contributed by atoms with Crippen molar-refractivity contribution in [2.24, 2.45) is 11.8 Å². The van der Waals surface area contributed by atoms with Crippen LogP contribution in [0, 0.1) is 11.8 Å². The first-order chi connectivity index (χ1) is 4.59. The normalized spacial score (nSPS) is 23.4. The molecular weight excluding hydrogens is 124 g/mol. The van der Waals surface area contributed by atoms with E-state index in [4.69, 9.17) is 0 Å². The maximum absolute atomic E-state index is 3.45. The van der Waals surface area contributed by atoms with E-state index in [0.717, 1.165) is 6.67 Å². The Bertz CT molecular complexity index is 104. The molecule has 10 heavy (non-hydrogen) atoms. The standard InChI is InChI=1S/C8H18N2/c1-6(2)8(7(3)4)9-5-10-8/h6-7,9-10H,5H2,1-4H3. The van der Waals surface area contributed by atoms with E-state index in [0.29, 0.717) is 11.8 Å². The minimum absolute atomic E-state index is 0.222. The summed E-state index contributed by atoms with van der Waals surface area (Å²) in [5.74, 6) is 1.34. The smallest absolute Gasteiger partial charge is 0.0754 e. The summed E-state index contributed by atoms with van der Waals surface area (Å²) >= 11 is 0. The molecule has 2 N–H and O–H groups in total. The van der Waals surface area contributed by atoms with Crippen molar-refractivity contribution in [2.45, 2.75) is 33.4 Å². The van der Waals surface area contributed by atoms with E-state index in [1.54, 1.807) is 0 Å². The molecule has 0 aromatic rings. The predicted molar refractivity (Wildman–Crippen MR) is 43.5 cm³/mol. The highest BCUT2D eigenvalue weighted by molar-refractivity contribution is 4.97. The molecule has 1 aliphatic rings. The van der Waals surface area contributed by atoms with Crippen LogP contribution in [0.1, 0.15) is 27.7 Å². The van der Waals surface area contributed by atoms with Gasteiger partial charge in [0, 0.05) is 6.67 Å². The van der Waals surface area contributed by atoms with Gasteiger partial charge in [-0.25, -0.2) is 0 Å². The molecule has 0 saturated carbocycles. The molecule has 1 heterocycles. The highest BCUT2D eigenvalue weighted by atomic mass is 15.4. The largest absolute Gasteiger partial charge is 0.286 e. The van der Waals surface area contributed by atoms with Crippen LogP contribution in [0.2, 0.25) is 0 Å². The molecule has 1 aliphatic heterocycles. The first-order valence-electron chi connectivity index (χ1n) is 4.09. The Balaban J connectivity index is 2.59. The summed E-state index contributed by atoms with van der Waals surface area (Å²) in [5, 5.41) is 6.89. The predicted octanol–water partition coefficient (Wildman–Crippen LogP) is 1.15. The van der Waals surface area contributed by atoms with E-state index < -0.39 is 0 Å². The molecular formula is C8H18N2. The molecule has 0 aromatic heterocycles. The number of nitrogens with one attached hydrogen (secondary N) is 2. The Morgan fingerprint density at radius 2 is 1.40 bits per heavy atom. The molecule has 60 valence electrons. The third kappa shape index (κ3) is 0.956. The van der Waals surface area contributed by atoms with Crippen LogP contribution < -0.4 is 10.6 Å². The van der Waals surface area contributed by atoms with Crippen LogP contribution in [0.4, 0.5) is 0 Å². The summed E-state index contributed by atoms with van der Waals surface area (Å²) in [6.45, 7) is 9.97. The van der Waals surface area contributed by atoms with Crippen LogP contribution in [-0.2, 0) is 0 Å². The van der Waals surface area contributed by atoms with Gasteiger partial charge in [-0.2, -0.15) is 0 Å². The highest BCUT2D eigenvalue weighted by Gasteiger charge is 2.41. The van der Waals surface area contributed by atoms with Gasteiger partial charge in [-0.3, -0.25) is 10.6 Å². The molecule has 0 spiro atoms. The minimum atomic E-state index is 0.222. The van der Waals surface area contributed by atoms with Crippen LogP contribution in [0.3, 0.4) is 0 Å². The highest BCUT2D eigenvalue weighted by Crippen LogP contribution is 2.26. The van der Waals surface area contributed by atoms with Gasteiger partial charge in [-0.05, 0) is 11.8 Å². The van der Waals surface area contributed by atoms with Gasteiger partial charge in [0.25, 0.3) is 0 Å². The molecule has 0 radical (unpaired) electrons. The Morgan fingerprint density at radius 3 is 1.40 bits per heavy atom. The van der Waals surface area contributed by atoms with Gasteiger partial charge in [0.1, 0.15) is 0 Å². The van der Waals surface area contributed by atoms with E-state index in [1.165, 1.54) is 0 Å². The zero-order valence-electron chi connectivity index (χ0n) is 7.36. The summed E-state index contributed by atoms with van der Waals surface area (Å²) in [6, 6.07) is 0. The van der Waals surface area contributed by atoms with Crippen molar-refractivity contribution in [1.29, 1.82) is 0 Å². The van der Waals surface area contributed by atoms with Gasteiger partial charge in [0.15, 0.2) is 0 Å². The topological polar surface area (TPSA) is 24.1 Å². The zero-order valence-corrected chi connectivity index (χ0v) is 7.36. The Kier molecular flexibility index (Phi) is 2.02. The molecule has 0 unspecified atom stereocenters. The van der Waals surface area contributed by atoms with E-state index in [-0.39, 0.29) is 5.66 Å². The Morgan fingerprint density at radius 1 is 1.00 bits per heavy atom. The van der Waals surface area contributed by atoms with E-state index in [2.05, 4.69) is 38.3 Å². The molecule has 2 nitrogen and oxygen atoms in total. The van der Waals surface area contributed by atoms with Crippen molar-refractivity contribution >= 4 is 0 Å². The maximum Gasteiger partial charge on any atom is 0.0754 e. The molecule has 0 atom stereocenters. The van der Waals surface area contributed by atoms with Crippen LogP contribution in [0.25, 0.3) is 0 Å². The molecule has 0 aliphatic carbocycles. The first-order valence-corrected chi connectivity index (χ1v) is 4.09. The average molecular weight is 142 g/mol. The molecule has 1 fully saturated rings. The monoisotopic (exact) mass is 142 g/mol. The third-order valence-electron chi connectivity index (χ3n) is 2.58. The van der Waals surface area contributed by atoms with Crippen LogP contribution >= 0.6 is 0 Å². The van der Waals surface area contributed by atoms with Gasteiger partial charge >= 0.3 is 0 Å². The fraction of sp³-hybridized carbons (Fsp3) is 1.00. The fourth-order valence-electron chi connectivity index (χ4n) is 1.78. The summed E-state index contributed by atoms with van der Waals surface area (Å²) in [7, 11) is 0. The van der Waals surface area contributed by atoms with E-state index >= 15 is 0 Å². The van der Waals surface area contributed by atoms with Crippen molar-refractivity contribution in [1.82, 2.24) is 10.6 Å². The van der Waals surface area contributed by atoms with Gasteiger partial charge in [0.05, 0.1) is 5.66 Å². The molecule has 2 heteroatoms. The summed E-state index contributed by atoms with van der Waals surface area (Å²) in [6.07, 6.45) is 0. The number of hydrogen-bond donors (Lipinski definition) is 2. The quantitative estimate of drug-likeness (QED) is 0.604.